The van der Waals surface area contributed by atoms with E-state index in [1.807, 2.05) is 0 Å². The first-order valence-electron chi connectivity index (χ1n) is 5.48. The number of likely N-dealkylation sites (tertiary alicyclic amines) is 1. The molecule has 0 aromatic carbocycles. The minimum absolute atomic E-state index is 0.579. The fourth-order valence-corrected chi connectivity index (χ4v) is 2.68. The number of fused-ring (bicyclic) bond motifs is 1. The second kappa shape index (κ2) is 4.18. The Morgan fingerprint density at radius 3 is 3.13 bits per heavy atom. The van der Waals surface area contributed by atoms with Crippen molar-refractivity contribution in [1.29, 1.82) is 0 Å². The van der Waals surface area contributed by atoms with Crippen molar-refractivity contribution < 1.29 is 4.79 Å². The number of nitrogens with one attached hydrogen (secondary N) is 1. The molecule has 1 unspecified atom stereocenters. The molecule has 2 atom stereocenters. The summed E-state index contributed by atoms with van der Waals surface area (Å²) in [5.41, 5.74) is 8.37. The number of carbonyl (C=O) groups is 1. The normalized spacial score (nSPS) is 34.1. The second-order valence-corrected chi connectivity index (χ2v) is 4.49. The van der Waals surface area contributed by atoms with Crippen LogP contribution in [0.2, 0.25) is 0 Å². The molecule has 0 aromatic rings. The Balaban J connectivity index is 1.95. The average molecular weight is 210 g/mol. The third-order valence-electron chi connectivity index (χ3n) is 3.54. The van der Waals surface area contributed by atoms with Gasteiger partial charge in [-0.25, -0.2) is 10.2 Å². The number of urea groups is 1. The van der Waals surface area contributed by atoms with Gasteiger partial charge in [-0.05, 0) is 38.8 Å². The van der Waals surface area contributed by atoms with Gasteiger partial charge in [0.15, 0.2) is 0 Å². The minimum Gasteiger partial charge on any atom is -0.350 e. The van der Waals surface area contributed by atoms with Crippen molar-refractivity contribution in [3.63, 3.8) is 0 Å². The third-order valence-corrected chi connectivity index (χ3v) is 3.54. The van der Waals surface area contributed by atoms with Gasteiger partial charge in [-0.1, -0.05) is 0 Å². The maximum atomic E-state index is 10.5. The van der Waals surface area contributed by atoms with E-state index in [1.54, 1.807) is 0 Å². The molecule has 1 saturated heterocycles. The van der Waals surface area contributed by atoms with Crippen molar-refractivity contribution in [2.24, 2.45) is 16.8 Å². The smallest absolute Gasteiger partial charge is 0.332 e. The van der Waals surface area contributed by atoms with E-state index in [1.165, 1.54) is 19.4 Å². The SMILES string of the molecule is CN1CCC2CC/C(=N\NC(N)=O)C[C@@H]21. The minimum atomic E-state index is -0.579. The van der Waals surface area contributed by atoms with Crippen LogP contribution >= 0.6 is 0 Å². The molecular weight excluding hydrogens is 192 g/mol. The Labute approximate surface area is 89.7 Å². The number of nitrogens with zero attached hydrogens (tertiary/aromatic N) is 2. The van der Waals surface area contributed by atoms with Crippen LogP contribution in [-0.2, 0) is 0 Å². The van der Waals surface area contributed by atoms with Crippen LogP contribution in [0.3, 0.4) is 0 Å². The fraction of sp³-hybridized carbons (Fsp3) is 0.800. The topological polar surface area (TPSA) is 70.7 Å². The molecule has 2 rings (SSSR count). The number of carbonyl (C=O) groups excluding carboxylic acids is 1. The fourth-order valence-electron chi connectivity index (χ4n) is 2.68. The van der Waals surface area contributed by atoms with Gasteiger partial charge >= 0.3 is 6.03 Å². The number of amides is 2. The number of hydrogen-bond acceptors (Lipinski definition) is 3. The van der Waals surface area contributed by atoms with Crippen LogP contribution in [0.15, 0.2) is 5.10 Å². The maximum Gasteiger partial charge on any atom is 0.332 e. The number of primary amides is 1. The molecule has 84 valence electrons. The predicted molar refractivity (Wildman–Crippen MR) is 58.5 cm³/mol. The van der Waals surface area contributed by atoms with Gasteiger partial charge in [-0.15, -0.1) is 0 Å². The molecule has 2 aliphatic rings. The van der Waals surface area contributed by atoms with E-state index in [0.717, 1.165) is 24.5 Å². The second-order valence-electron chi connectivity index (χ2n) is 4.49. The number of hydrazone groups is 1. The van der Waals surface area contributed by atoms with Gasteiger partial charge in [0, 0.05) is 18.2 Å². The van der Waals surface area contributed by atoms with Crippen molar-refractivity contribution in [3.05, 3.63) is 0 Å². The van der Waals surface area contributed by atoms with Gasteiger partial charge < -0.3 is 10.6 Å². The van der Waals surface area contributed by atoms with E-state index in [0.29, 0.717) is 6.04 Å². The monoisotopic (exact) mass is 210 g/mol. The van der Waals surface area contributed by atoms with Gasteiger partial charge in [-0.3, -0.25) is 0 Å². The lowest BCUT2D eigenvalue weighted by Gasteiger charge is -2.30. The van der Waals surface area contributed by atoms with E-state index in [9.17, 15) is 4.79 Å². The molecule has 2 amide bonds. The van der Waals surface area contributed by atoms with E-state index < -0.39 is 6.03 Å². The summed E-state index contributed by atoms with van der Waals surface area (Å²) >= 11 is 0. The van der Waals surface area contributed by atoms with Crippen molar-refractivity contribution in [2.75, 3.05) is 13.6 Å². The van der Waals surface area contributed by atoms with E-state index in [4.69, 9.17) is 5.73 Å². The van der Waals surface area contributed by atoms with Crippen LogP contribution in [0.4, 0.5) is 4.79 Å². The van der Waals surface area contributed by atoms with Gasteiger partial charge in [0.25, 0.3) is 0 Å². The Hall–Kier alpha value is -1.10. The molecule has 3 N–H and O–H groups in total. The van der Waals surface area contributed by atoms with Crippen molar-refractivity contribution in [2.45, 2.75) is 31.7 Å². The lowest BCUT2D eigenvalue weighted by atomic mass is 9.84. The summed E-state index contributed by atoms with van der Waals surface area (Å²) in [6, 6.07) is 0.0385. The summed E-state index contributed by atoms with van der Waals surface area (Å²) in [4.78, 5) is 12.9. The van der Waals surface area contributed by atoms with Crippen molar-refractivity contribution >= 4 is 11.7 Å². The van der Waals surface area contributed by atoms with Gasteiger partial charge in [-0.2, -0.15) is 5.10 Å². The Morgan fingerprint density at radius 2 is 2.40 bits per heavy atom. The summed E-state index contributed by atoms with van der Waals surface area (Å²) in [6.45, 7) is 1.19. The first-order chi connectivity index (χ1) is 7.16. The van der Waals surface area contributed by atoms with Crippen LogP contribution in [0.1, 0.15) is 25.7 Å². The molecule has 0 spiro atoms. The molecule has 1 aliphatic heterocycles. The molecule has 15 heavy (non-hydrogen) atoms. The highest BCUT2D eigenvalue weighted by molar-refractivity contribution is 5.87. The highest BCUT2D eigenvalue weighted by Crippen LogP contribution is 2.33. The molecule has 0 bridgehead atoms. The third kappa shape index (κ3) is 2.28. The molecule has 5 heteroatoms. The number of hydrogen-bond donors (Lipinski definition) is 2. The highest BCUT2D eigenvalue weighted by atomic mass is 16.2. The van der Waals surface area contributed by atoms with Crippen LogP contribution in [0.25, 0.3) is 0 Å². The molecule has 1 aliphatic carbocycles. The standard InChI is InChI=1S/C10H18N4O/c1-14-5-4-7-2-3-8(6-9(7)14)12-13-10(11)15/h7,9H,2-6H2,1H3,(H3,11,13,15)/b12-8+/t7?,9-/m0/s1. The van der Waals surface area contributed by atoms with Crippen LogP contribution < -0.4 is 11.2 Å². The number of nitrogens with two attached hydrogens (primary N) is 1. The summed E-state index contributed by atoms with van der Waals surface area (Å²) in [5.74, 6) is 0.822. The zero-order valence-corrected chi connectivity index (χ0v) is 9.07. The zero-order chi connectivity index (χ0) is 10.8. The lowest BCUT2D eigenvalue weighted by molar-refractivity contribution is 0.248. The molecule has 2 fully saturated rings. The zero-order valence-electron chi connectivity index (χ0n) is 9.07. The van der Waals surface area contributed by atoms with Crippen LogP contribution in [0, 0.1) is 5.92 Å². The molecule has 5 nitrogen and oxygen atoms in total. The summed E-state index contributed by atoms with van der Waals surface area (Å²) < 4.78 is 0. The van der Waals surface area contributed by atoms with Crippen LogP contribution in [-0.4, -0.2) is 36.3 Å². The summed E-state index contributed by atoms with van der Waals surface area (Å²) in [7, 11) is 2.16. The quantitative estimate of drug-likeness (QED) is 0.619. The van der Waals surface area contributed by atoms with Gasteiger partial charge in [0.2, 0.25) is 0 Å². The predicted octanol–water partition coefficient (Wildman–Crippen LogP) is 0.515. The van der Waals surface area contributed by atoms with E-state index >= 15 is 0 Å². The van der Waals surface area contributed by atoms with E-state index in [-0.39, 0.29) is 0 Å². The van der Waals surface area contributed by atoms with Gasteiger partial charge in [0.05, 0.1) is 0 Å². The molecular formula is C10H18N4O. The average Bonchev–Trinajstić information content (AvgIpc) is 2.57. The Morgan fingerprint density at radius 1 is 1.60 bits per heavy atom. The molecule has 1 heterocycles. The summed E-state index contributed by atoms with van der Waals surface area (Å²) in [6.07, 6.45) is 4.46. The lowest BCUT2D eigenvalue weighted by Crippen LogP contribution is -2.36. The van der Waals surface area contributed by atoms with Crippen LogP contribution in [0.5, 0.6) is 0 Å². The largest absolute Gasteiger partial charge is 0.350 e. The molecule has 1 saturated carbocycles. The first kappa shape index (κ1) is 10.4. The molecule has 0 radical (unpaired) electrons. The van der Waals surface area contributed by atoms with Crippen molar-refractivity contribution in [1.82, 2.24) is 10.3 Å². The highest BCUT2D eigenvalue weighted by Gasteiger charge is 2.35. The van der Waals surface area contributed by atoms with Gasteiger partial charge in [0.1, 0.15) is 0 Å². The first-order valence-corrected chi connectivity index (χ1v) is 5.48. The Kier molecular flexibility index (Phi) is 2.90. The number of rotatable bonds is 1. The Bertz CT molecular complexity index is 289. The maximum absolute atomic E-state index is 10.5. The van der Waals surface area contributed by atoms with E-state index in [2.05, 4.69) is 22.5 Å². The molecule has 0 aromatic heterocycles. The van der Waals surface area contributed by atoms with Crippen molar-refractivity contribution in [3.8, 4) is 0 Å². The summed E-state index contributed by atoms with van der Waals surface area (Å²) in [5, 5.41) is 4.04.